The topological polar surface area (TPSA) is 102 Å². The normalized spacial score (nSPS) is 17.5. The second-order valence-corrected chi connectivity index (χ2v) is 13.2. The maximum atomic E-state index is 13.7. The number of fused-ring (bicyclic) bond motifs is 4. The van der Waals surface area contributed by atoms with E-state index in [9.17, 15) is 9.59 Å². The van der Waals surface area contributed by atoms with E-state index < -0.39 is 0 Å². The Labute approximate surface area is 319 Å². The van der Waals surface area contributed by atoms with Crippen molar-refractivity contribution < 1.29 is 28.5 Å². The van der Waals surface area contributed by atoms with Crippen LogP contribution in [0.15, 0.2) is 118 Å². The maximum Gasteiger partial charge on any atom is 0.260 e. The standard InChI is InChI=1S/C45H36N4O6/c1-52-40-22-36-38(46-26-34-20-32(28-48(34)44(36)50)16-14-30-10-5-3-6-11-30)24-42(40)54-18-9-19-55-43-25-39-37(23-41(43)53-2)45(51)49-29-33(21-35(49)27-47-39)17-15-31-12-7-4-8-13-31/h3-8,10-13,22-29,34-35H,9,18-21H2,1-2H3/t34-,35-/m0/s1. The summed E-state index contributed by atoms with van der Waals surface area (Å²) in [6, 6.07) is 25.9. The largest absolute Gasteiger partial charge is 0.493 e. The van der Waals surface area contributed by atoms with Crippen molar-refractivity contribution in [3.63, 3.8) is 0 Å². The van der Waals surface area contributed by atoms with E-state index in [4.69, 9.17) is 18.9 Å². The Morgan fingerprint density at radius 2 is 1.04 bits per heavy atom. The molecule has 0 unspecified atom stereocenters. The van der Waals surface area contributed by atoms with Crippen molar-refractivity contribution >= 4 is 35.6 Å². The van der Waals surface area contributed by atoms with Crippen molar-refractivity contribution in [2.24, 2.45) is 9.98 Å². The van der Waals surface area contributed by atoms with Gasteiger partial charge in [-0.1, -0.05) is 60.1 Å². The van der Waals surface area contributed by atoms with Gasteiger partial charge < -0.3 is 28.7 Å². The summed E-state index contributed by atoms with van der Waals surface area (Å²) in [6.07, 6.45) is 8.88. The van der Waals surface area contributed by atoms with Crippen LogP contribution >= 0.6 is 0 Å². The van der Waals surface area contributed by atoms with Crippen LogP contribution in [0.4, 0.5) is 11.4 Å². The van der Waals surface area contributed by atoms with Crippen molar-refractivity contribution in [3.05, 3.63) is 131 Å². The van der Waals surface area contributed by atoms with Crippen LogP contribution in [0.25, 0.3) is 0 Å². The lowest BCUT2D eigenvalue weighted by Crippen LogP contribution is -2.32. The van der Waals surface area contributed by atoms with Crippen LogP contribution in [0.5, 0.6) is 23.0 Å². The average molecular weight is 729 g/mol. The number of ether oxygens (including phenoxy) is 4. The lowest BCUT2D eigenvalue weighted by Gasteiger charge is -2.19. The summed E-state index contributed by atoms with van der Waals surface area (Å²) in [7, 11) is 3.07. The fraction of sp³-hybridized carbons (Fsp3) is 0.200. The predicted octanol–water partition coefficient (Wildman–Crippen LogP) is 7.28. The number of carbonyl (C=O) groups is 2. The molecule has 0 bridgehead atoms. The molecular formula is C45H36N4O6. The maximum absolute atomic E-state index is 13.7. The number of rotatable bonds is 8. The molecule has 2 atom stereocenters. The van der Waals surface area contributed by atoms with Gasteiger partial charge in [0.25, 0.3) is 11.8 Å². The molecule has 4 aliphatic rings. The van der Waals surface area contributed by atoms with E-state index in [1.165, 1.54) is 14.2 Å². The highest BCUT2D eigenvalue weighted by Crippen LogP contribution is 2.40. The lowest BCUT2D eigenvalue weighted by molar-refractivity contribution is 0.0809. The van der Waals surface area contributed by atoms with E-state index in [1.54, 1.807) is 46.5 Å². The van der Waals surface area contributed by atoms with Crippen LogP contribution < -0.4 is 18.9 Å². The molecule has 55 heavy (non-hydrogen) atoms. The molecule has 0 radical (unpaired) electrons. The minimum atomic E-state index is -0.229. The zero-order valence-corrected chi connectivity index (χ0v) is 30.3. The number of carbonyl (C=O) groups excluding carboxylic acids is 2. The van der Waals surface area contributed by atoms with Gasteiger partial charge in [-0.15, -0.1) is 0 Å². The van der Waals surface area contributed by atoms with Gasteiger partial charge in [-0.3, -0.25) is 19.6 Å². The summed E-state index contributed by atoms with van der Waals surface area (Å²) in [4.78, 5) is 40.0. The van der Waals surface area contributed by atoms with Crippen molar-refractivity contribution in [1.82, 2.24) is 9.80 Å². The summed E-state index contributed by atoms with van der Waals surface area (Å²) in [5, 5.41) is 0. The zero-order valence-electron chi connectivity index (χ0n) is 30.3. The van der Waals surface area contributed by atoms with E-state index >= 15 is 0 Å². The number of hydrogen-bond acceptors (Lipinski definition) is 8. The zero-order chi connectivity index (χ0) is 37.7. The highest BCUT2D eigenvalue weighted by atomic mass is 16.5. The summed E-state index contributed by atoms with van der Waals surface area (Å²) in [6.45, 7) is 0.603. The molecule has 4 aliphatic heterocycles. The minimum Gasteiger partial charge on any atom is -0.493 e. The fourth-order valence-corrected chi connectivity index (χ4v) is 6.70. The van der Waals surface area contributed by atoms with Gasteiger partial charge in [0.1, 0.15) is 0 Å². The van der Waals surface area contributed by atoms with Crippen LogP contribution in [-0.4, -0.2) is 73.6 Å². The first-order valence-electron chi connectivity index (χ1n) is 18.0. The van der Waals surface area contributed by atoms with Crippen LogP contribution in [0.1, 0.15) is 51.1 Å². The smallest absolute Gasteiger partial charge is 0.260 e. The van der Waals surface area contributed by atoms with Gasteiger partial charge in [-0.25, -0.2) is 0 Å². The van der Waals surface area contributed by atoms with Crippen molar-refractivity contribution in [3.8, 4) is 46.7 Å². The van der Waals surface area contributed by atoms with Gasteiger partial charge in [0.15, 0.2) is 23.0 Å². The highest BCUT2D eigenvalue weighted by Gasteiger charge is 2.34. The molecule has 0 saturated heterocycles. The fourth-order valence-electron chi connectivity index (χ4n) is 6.70. The van der Waals surface area contributed by atoms with Crippen molar-refractivity contribution in [2.75, 3.05) is 27.4 Å². The number of nitrogens with zero attached hydrogens (tertiary/aromatic N) is 4. The van der Waals surface area contributed by atoms with E-state index in [-0.39, 0.29) is 23.9 Å². The number of benzene rings is 4. The Morgan fingerprint density at radius 3 is 1.45 bits per heavy atom. The first-order valence-corrected chi connectivity index (χ1v) is 18.0. The van der Waals surface area contributed by atoms with Crippen molar-refractivity contribution in [2.45, 2.75) is 31.3 Å². The number of aliphatic imine (C=N–C) groups is 2. The second kappa shape index (κ2) is 15.5. The van der Waals surface area contributed by atoms with Gasteiger partial charge in [0, 0.05) is 78.5 Å². The molecule has 0 saturated carbocycles. The first kappa shape index (κ1) is 35.0. The Balaban J connectivity index is 0.896. The third-order valence-corrected chi connectivity index (χ3v) is 9.51. The van der Waals surface area contributed by atoms with E-state index in [0.29, 0.717) is 78.0 Å². The third kappa shape index (κ3) is 7.44. The highest BCUT2D eigenvalue weighted by molar-refractivity contribution is 6.05. The Kier molecular flexibility index (Phi) is 9.88. The molecule has 2 amide bonds. The minimum absolute atomic E-state index is 0.178. The molecule has 4 aromatic rings. The molecule has 0 aliphatic carbocycles. The van der Waals surface area contributed by atoms with E-state index in [2.05, 4.69) is 33.7 Å². The predicted molar refractivity (Wildman–Crippen MR) is 210 cm³/mol. The average Bonchev–Trinajstić information content (AvgIpc) is 3.78. The third-order valence-electron chi connectivity index (χ3n) is 9.51. The van der Waals surface area contributed by atoms with Gasteiger partial charge >= 0.3 is 0 Å². The summed E-state index contributed by atoms with van der Waals surface area (Å²) >= 11 is 0. The number of hydrogen-bond donors (Lipinski definition) is 0. The molecular weight excluding hydrogens is 693 g/mol. The molecule has 4 heterocycles. The number of amides is 2. The molecule has 0 N–H and O–H groups in total. The lowest BCUT2D eigenvalue weighted by atomic mass is 10.1. The molecule has 272 valence electrons. The Hall–Kier alpha value is -7.04. The summed E-state index contributed by atoms with van der Waals surface area (Å²) in [5.74, 6) is 14.2. The molecule has 0 spiro atoms. The van der Waals surface area contributed by atoms with Gasteiger partial charge in [-0.05, 0) is 36.4 Å². The summed E-state index contributed by atoms with van der Waals surface area (Å²) in [5.41, 5.74) is 5.43. The van der Waals surface area contributed by atoms with Crippen LogP contribution in [0, 0.1) is 23.7 Å². The van der Waals surface area contributed by atoms with Gasteiger partial charge in [0.05, 0.1) is 62.0 Å². The van der Waals surface area contributed by atoms with Crippen LogP contribution in [0.2, 0.25) is 0 Å². The quantitative estimate of drug-likeness (QED) is 0.140. The Bertz CT molecular complexity index is 2240. The van der Waals surface area contributed by atoms with E-state index in [1.807, 2.05) is 73.1 Å². The van der Waals surface area contributed by atoms with Gasteiger partial charge in [0.2, 0.25) is 0 Å². The Morgan fingerprint density at radius 1 is 0.600 bits per heavy atom. The SMILES string of the molecule is COc1cc2c(cc1OCCCOc1cc3c(cc1OC)C(=O)N1C=C(C#Cc4ccccc4)C[C@H]1C=N3)N=C[C@@H]1CC(C#Cc3ccccc3)=CN1C2=O. The van der Waals surface area contributed by atoms with Crippen LogP contribution in [-0.2, 0) is 0 Å². The molecule has 0 aromatic heterocycles. The number of methoxy groups -OCH3 is 2. The molecule has 8 rings (SSSR count). The first-order chi connectivity index (χ1) is 27.0. The second-order valence-electron chi connectivity index (χ2n) is 13.2. The van der Waals surface area contributed by atoms with Crippen LogP contribution in [0.3, 0.4) is 0 Å². The molecule has 4 aromatic carbocycles. The molecule has 10 heteroatoms. The molecule has 10 nitrogen and oxygen atoms in total. The van der Waals surface area contributed by atoms with Crippen molar-refractivity contribution in [1.29, 1.82) is 0 Å². The van der Waals surface area contributed by atoms with E-state index in [0.717, 1.165) is 22.3 Å². The summed E-state index contributed by atoms with van der Waals surface area (Å²) < 4.78 is 23.5. The molecule has 0 fully saturated rings. The van der Waals surface area contributed by atoms with Gasteiger partial charge in [-0.2, -0.15) is 0 Å². The monoisotopic (exact) mass is 728 g/mol.